The lowest BCUT2D eigenvalue weighted by Gasteiger charge is -2.44. The smallest absolute Gasteiger partial charge is 0.324 e. The second-order valence-corrected chi connectivity index (χ2v) is 9.35. The molecule has 0 aliphatic carbocycles. The Hall–Kier alpha value is -3.69. The van der Waals surface area contributed by atoms with E-state index in [1.807, 2.05) is 0 Å². The van der Waals surface area contributed by atoms with Crippen LogP contribution in [0.4, 0.5) is 5.69 Å². The zero-order valence-electron chi connectivity index (χ0n) is 17.7. The Morgan fingerprint density at radius 2 is 1.52 bits per heavy atom. The van der Waals surface area contributed by atoms with Crippen molar-refractivity contribution < 1.29 is 27.9 Å². The first-order valence-electron chi connectivity index (χ1n) is 10.2. The van der Waals surface area contributed by atoms with Gasteiger partial charge in [0.25, 0.3) is 0 Å². The zero-order chi connectivity index (χ0) is 23.6. The summed E-state index contributed by atoms with van der Waals surface area (Å²) >= 11 is 0. The molecule has 0 aromatic heterocycles. The summed E-state index contributed by atoms with van der Waals surface area (Å²) in [5.41, 5.74) is 0.944. The van der Waals surface area contributed by atoms with Crippen LogP contribution in [0, 0.1) is 0 Å². The Bertz CT molecular complexity index is 1250. The van der Waals surface area contributed by atoms with Crippen LogP contribution in [0.3, 0.4) is 0 Å². The highest BCUT2D eigenvalue weighted by molar-refractivity contribution is 7.89. The van der Waals surface area contributed by atoms with E-state index >= 15 is 0 Å². The van der Waals surface area contributed by atoms with Gasteiger partial charge in [0.2, 0.25) is 15.9 Å². The minimum Gasteiger partial charge on any atom is -0.497 e. The third-order valence-electron chi connectivity index (χ3n) is 5.54. The lowest BCUT2D eigenvalue weighted by molar-refractivity contribution is -0.144. The Balaban J connectivity index is 1.90. The van der Waals surface area contributed by atoms with E-state index in [-0.39, 0.29) is 4.90 Å². The monoisotopic (exact) mass is 466 g/mol. The molecule has 2 atom stereocenters. The van der Waals surface area contributed by atoms with Crippen LogP contribution in [-0.2, 0) is 19.6 Å². The Labute approximate surface area is 191 Å². The van der Waals surface area contributed by atoms with Crippen LogP contribution in [0.25, 0.3) is 0 Å². The molecule has 1 aliphatic rings. The summed E-state index contributed by atoms with van der Waals surface area (Å²) in [6, 6.07) is 20.1. The number of hydrogen-bond acceptors (Lipinski definition) is 5. The molecule has 3 aromatic carbocycles. The van der Waals surface area contributed by atoms with Crippen molar-refractivity contribution in [1.82, 2.24) is 4.31 Å². The molecular formula is C24H22N2O6S. The van der Waals surface area contributed by atoms with E-state index in [1.54, 1.807) is 72.8 Å². The zero-order valence-corrected chi connectivity index (χ0v) is 18.6. The van der Waals surface area contributed by atoms with Crippen molar-refractivity contribution in [3.05, 3.63) is 90.5 Å². The van der Waals surface area contributed by atoms with Gasteiger partial charge in [-0.05, 0) is 42.0 Å². The van der Waals surface area contributed by atoms with Crippen molar-refractivity contribution in [3.63, 3.8) is 0 Å². The van der Waals surface area contributed by atoms with Crippen molar-refractivity contribution in [2.45, 2.75) is 17.0 Å². The second-order valence-electron chi connectivity index (χ2n) is 7.46. The number of anilines is 1. The molecule has 170 valence electrons. The third kappa shape index (κ3) is 4.20. The fourth-order valence-electron chi connectivity index (χ4n) is 4.01. The number of hydrogen-bond donors (Lipinski definition) is 1. The van der Waals surface area contributed by atoms with E-state index in [0.29, 0.717) is 17.0 Å². The average molecular weight is 467 g/mol. The molecule has 0 saturated carbocycles. The lowest BCUT2D eigenvalue weighted by Crippen LogP contribution is -2.62. The van der Waals surface area contributed by atoms with Crippen molar-refractivity contribution in [2.24, 2.45) is 0 Å². The molecule has 0 bridgehead atoms. The number of benzene rings is 3. The molecule has 1 amide bonds. The van der Waals surface area contributed by atoms with E-state index < -0.39 is 40.5 Å². The molecule has 8 nitrogen and oxygen atoms in total. The summed E-state index contributed by atoms with van der Waals surface area (Å²) in [7, 11) is -2.76. The molecule has 0 spiro atoms. The molecule has 4 rings (SSSR count). The second kappa shape index (κ2) is 9.05. The fraction of sp³-hybridized carbons (Fsp3) is 0.167. The van der Waals surface area contributed by atoms with Crippen molar-refractivity contribution in [2.75, 3.05) is 18.6 Å². The molecule has 3 aromatic rings. The van der Waals surface area contributed by atoms with E-state index in [0.717, 1.165) is 4.31 Å². The molecule has 0 unspecified atom stereocenters. The largest absolute Gasteiger partial charge is 0.497 e. The van der Waals surface area contributed by atoms with E-state index in [2.05, 4.69) is 0 Å². The van der Waals surface area contributed by atoms with Crippen LogP contribution in [0.5, 0.6) is 5.75 Å². The van der Waals surface area contributed by atoms with Gasteiger partial charge in [-0.1, -0.05) is 48.5 Å². The number of amides is 1. The predicted octanol–water partition coefficient (Wildman–Crippen LogP) is 2.93. The maximum Gasteiger partial charge on any atom is 0.324 e. The number of nitrogens with zero attached hydrogens (tertiary/aromatic N) is 2. The van der Waals surface area contributed by atoms with Gasteiger partial charge in [-0.25, -0.2) is 8.42 Å². The van der Waals surface area contributed by atoms with Gasteiger partial charge >= 0.3 is 5.97 Å². The molecule has 33 heavy (non-hydrogen) atoms. The number of carbonyl (C=O) groups is 2. The van der Waals surface area contributed by atoms with Gasteiger partial charge in [-0.15, -0.1) is 0 Å². The number of ether oxygens (including phenoxy) is 1. The van der Waals surface area contributed by atoms with Crippen LogP contribution in [0.2, 0.25) is 0 Å². The highest BCUT2D eigenvalue weighted by atomic mass is 32.2. The topological polar surface area (TPSA) is 104 Å². The van der Waals surface area contributed by atoms with Gasteiger partial charge in [0.1, 0.15) is 11.8 Å². The normalized spacial score (nSPS) is 19.3. The molecule has 0 radical (unpaired) electrons. The van der Waals surface area contributed by atoms with E-state index in [4.69, 9.17) is 4.74 Å². The standard InChI is InChI=1S/C24H22N2O6S/c1-32-19-14-12-17(13-15-19)22-23(24(28)29)25(33(30,31)20-10-6-3-7-11-20)16-21(27)26(22)18-8-4-2-5-9-18/h2-15,22-23H,16H2,1H3,(H,28,29)/t22-,23+/m1/s1. The number of carbonyl (C=O) groups excluding carboxylic acids is 1. The van der Waals surface area contributed by atoms with Gasteiger partial charge < -0.3 is 14.7 Å². The molecule has 9 heteroatoms. The number of carboxylic acids is 1. The maximum absolute atomic E-state index is 13.4. The van der Waals surface area contributed by atoms with Crippen molar-refractivity contribution >= 4 is 27.6 Å². The van der Waals surface area contributed by atoms with Crippen LogP contribution in [0.1, 0.15) is 11.6 Å². The van der Waals surface area contributed by atoms with Gasteiger partial charge in [0.15, 0.2) is 0 Å². The number of para-hydroxylation sites is 1. The van der Waals surface area contributed by atoms with Crippen LogP contribution < -0.4 is 9.64 Å². The van der Waals surface area contributed by atoms with E-state index in [9.17, 15) is 23.1 Å². The first kappa shape index (κ1) is 22.5. The summed E-state index contributed by atoms with van der Waals surface area (Å²) in [5.74, 6) is -1.34. The van der Waals surface area contributed by atoms with Crippen LogP contribution >= 0.6 is 0 Å². The SMILES string of the molecule is COc1ccc([C@@H]2[C@@H](C(=O)O)N(S(=O)(=O)c3ccccc3)CC(=O)N2c2ccccc2)cc1. The highest BCUT2D eigenvalue weighted by Gasteiger charge is 2.50. The fourth-order valence-corrected chi connectivity index (χ4v) is 5.56. The highest BCUT2D eigenvalue weighted by Crippen LogP contribution is 2.38. The summed E-state index contributed by atoms with van der Waals surface area (Å²) in [6.07, 6.45) is 0. The minimum atomic E-state index is -4.27. The molecule has 1 fully saturated rings. The summed E-state index contributed by atoms with van der Waals surface area (Å²) in [4.78, 5) is 27.2. The number of aliphatic carboxylic acids is 1. The van der Waals surface area contributed by atoms with Gasteiger partial charge in [-0.3, -0.25) is 9.59 Å². The Morgan fingerprint density at radius 3 is 2.06 bits per heavy atom. The maximum atomic E-state index is 13.4. The first-order valence-corrected chi connectivity index (χ1v) is 11.6. The number of piperazine rings is 1. The average Bonchev–Trinajstić information content (AvgIpc) is 2.84. The molecule has 1 heterocycles. The quantitative estimate of drug-likeness (QED) is 0.599. The predicted molar refractivity (Wildman–Crippen MR) is 121 cm³/mol. The van der Waals surface area contributed by atoms with Gasteiger partial charge in [0, 0.05) is 5.69 Å². The molecular weight excluding hydrogens is 444 g/mol. The molecule has 1 saturated heterocycles. The van der Waals surface area contributed by atoms with Gasteiger partial charge in [0.05, 0.1) is 24.6 Å². The van der Waals surface area contributed by atoms with E-state index in [1.165, 1.54) is 24.1 Å². The number of sulfonamides is 1. The molecule has 1 aliphatic heterocycles. The Kier molecular flexibility index (Phi) is 6.17. The lowest BCUT2D eigenvalue weighted by atomic mass is 9.94. The summed E-state index contributed by atoms with van der Waals surface area (Å²) in [5, 5.41) is 10.2. The summed E-state index contributed by atoms with van der Waals surface area (Å²) < 4.78 is 32.9. The first-order chi connectivity index (χ1) is 15.8. The molecule has 1 N–H and O–H groups in total. The number of carboxylic acid groups (broad SMARTS) is 1. The van der Waals surface area contributed by atoms with Crippen LogP contribution in [-0.4, -0.2) is 49.4 Å². The number of methoxy groups -OCH3 is 1. The van der Waals surface area contributed by atoms with Crippen molar-refractivity contribution in [3.8, 4) is 5.75 Å². The minimum absolute atomic E-state index is 0.0781. The third-order valence-corrected chi connectivity index (χ3v) is 7.38. The number of rotatable bonds is 6. The summed E-state index contributed by atoms with van der Waals surface area (Å²) in [6.45, 7) is -0.601. The van der Waals surface area contributed by atoms with Gasteiger partial charge in [-0.2, -0.15) is 4.31 Å². The van der Waals surface area contributed by atoms with Crippen molar-refractivity contribution in [1.29, 1.82) is 0 Å². The van der Waals surface area contributed by atoms with Crippen LogP contribution in [0.15, 0.2) is 89.8 Å². The Morgan fingerprint density at radius 1 is 0.939 bits per heavy atom.